The second-order valence-electron chi connectivity index (χ2n) is 7.88. The number of ether oxygens (including phenoxy) is 1. The summed E-state index contributed by atoms with van der Waals surface area (Å²) in [5, 5.41) is 0. The summed E-state index contributed by atoms with van der Waals surface area (Å²) < 4.78 is 7.33. The van der Waals surface area contributed by atoms with Gasteiger partial charge in [0.25, 0.3) is 5.91 Å². The van der Waals surface area contributed by atoms with Gasteiger partial charge in [-0.25, -0.2) is 4.98 Å². The first kappa shape index (κ1) is 19.2. The number of carbonyl (C=O) groups is 1. The van der Waals surface area contributed by atoms with Crippen LogP contribution in [0, 0.1) is 0 Å². The number of nitrogens with zero attached hydrogens (tertiary/aromatic N) is 4. The molecule has 3 heterocycles. The molecule has 0 N–H and O–H groups in total. The van der Waals surface area contributed by atoms with E-state index in [0.29, 0.717) is 5.69 Å². The molecule has 0 aliphatic carbocycles. The zero-order valence-corrected chi connectivity index (χ0v) is 16.7. The van der Waals surface area contributed by atoms with E-state index in [0.717, 1.165) is 65.1 Å². The largest absolute Gasteiger partial charge is 0.381 e. The average Bonchev–Trinajstić information content (AvgIpc) is 3.17. The number of fused-ring (bicyclic) bond motifs is 1. The predicted molar refractivity (Wildman–Crippen MR) is 108 cm³/mol. The molecule has 2 aromatic rings. The predicted octanol–water partition coefficient (Wildman–Crippen LogP) is 2.49. The van der Waals surface area contributed by atoms with Gasteiger partial charge in [-0.05, 0) is 36.8 Å². The number of rotatable bonds is 6. The smallest absolute Gasteiger partial charge is 0.272 e. The molecule has 0 unspecified atom stereocenters. The van der Waals surface area contributed by atoms with Crippen LogP contribution in [0.4, 0.5) is 0 Å². The number of amides is 1. The molecule has 1 amide bonds. The number of carbonyl (C=O) groups excluding carboxylic acids is 1. The molecule has 6 nitrogen and oxygen atoms in total. The third-order valence-electron chi connectivity index (χ3n) is 6.01. The highest BCUT2D eigenvalue weighted by Gasteiger charge is 2.28. The van der Waals surface area contributed by atoms with Crippen molar-refractivity contribution < 1.29 is 9.53 Å². The summed E-state index contributed by atoms with van der Waals surface area (Å²) in [6.07, 6.45) is 7.31. The summed E-state index contributed by atoms with van der Waals surface area (Å²) in [6.45, 7) is 5.40. The van der Waals surface area contributed by atoms with Gasteiger partial charge in [0.1, 0.15) is 5.69 Å². The number of imidazole rings is 1. The Morgan fingerprint density at radius 1 is 1.25 bits per heavy atom. The monoisotopic (exact) mass is 382 g/mol. The van der Waals surface area contributed by atoms with E-state index in [2.05, 4.69) is 39.0 Å². The molecule has 0 bridgehead atoms. The lowest BCUT2D eigenvalue weighted by Crippen LogP contribution is -2.45. The van der Waals surface area contributed by atoms with Gasteiger partial charge in [0.05, 0.1) is 12.5 Å². The maximum absolute atomic E-state index is 13.2. The van der Waals surface area contributed by atoms with Gasteiger partial charge in [0.2, 0.25) is 0 Å². The third-order valence-corrected chi connectivity index (χ3v) is 6.01. The molecule has 28 heavy (non-hydrogen) atoms. The van der Waals surface area contributed by atoms with Crippen molar-refractivity contribution in [1.29, 1.82) is 0 Å². The van der Waals surface area contributed by atoms with Gasteiger partial charge in [0.15, 0.2) is 0 Å². The molecule has 0 atom stereocenters. The fourth-order valence-electron chi connectivity index (χ4n) is 4.37. The highest BCUT2D eigenvalue weighted by Crippen LogP contribution is 2.20. The van der Waals surface area contributed by atoms with E-state index in [4.69, 9.17) is 4.74 Å². The second kappa shape index (κ2) is 8.88. The van der Waals surface area contributed by atoms with Crippen molar-refractivity contribution in [2.75, 3.05) is 32.8 Å². The molecule has 2 aliphatic rings. The Labute approximate surface area is 167 Å². The molecule has 4 rings (SSSR count). The summed E-state index contributed by atoms with van der Waals surface area (Å²) in [6, 6.07) is 9.00. The SMILES string of the molecule is Cn1cncc1C(=O)N(CCCN1CCc2ccccc2C1)C1CCOCC1. The Bertz CT molecular complexity index is 797. The number of hydrogen-bond acceptors (Lipinski definition) is 4. The van der Waals surface area contributed by atoms with Crippen LogP contribution in [0.3, 0.4) is 0 Å². The zero-order chi connectivity index (χ0) is 19.3. The fourth-order valence-corrected chi connectivity index (χ4v) is 4.37. The first-order valence-electron chi connectivity index (χ1n) is 10.4. The van der Waals surface area contributed by atoms with Crippen LogP contribution in [-0.4, -0.2) is 64.1 Å². The van der Waals surface area contributed by atoms with Gasteiger partial charge in [-0.1, -0.05) is 24.3 Å². The molecule has 0 radical (unpaired) electrons. The van der Waals surface area contributed by atoms with Crippen molar-refractivity contribution in [2.24, 2.45) is 7.05 Å². The molecule has 2 aliphatic heterocycles. The van der Waals surface area contributed by atoms with Gasteiger partial charge < -0.3 is 14.2 Å². The van der Waals surface area contributed by atoms with Crippen LogP contribution < -0.4 is 0 Å². The topological polar surface area (TPSA) is 50.6 Å². The van der Waals surface area contributed by atoms with E-state index >= 15 is 0 Å². The maximum atomic E-state index is 13.2. The lowest BCUT2D eigenvalue weighted by Gasteiger charge is -2.35. The van der Waals surface area contributed by atoms with Gasteiger partial charge in [-0.3, -0.25) is 9.69 Å². The lowest BCUT2D eigenvalue weighted by atomic mass is 10.00. The van der Waals surface area contributed by atoms with Crippen molar-refractivity contribution in [1.82, 2.24) is 19.4 Å². The van der Waals surface area contributed by atoms with E-state index in [-0.39, 0.29) is 11.9 Å². The van der Waals surface area contributed by atoms with Gasteiger partial charge >= 0.3 is 0 Å². The van der Waals surface area contributed by atoms with Gasteiger partial charge in [-0.15, -0.1) is 0 Å². The molecule has 0 spiro atoms. The zero-order valence-electron chi connectivity index (χ0n) is 16.7. The lowest BCUT2D eigenvalue weighted by molar-refractivity contribution is 0.0273. The summed E-state index contributed by atoms with van der Waals surface area (Å²) in [5.41, 5.74) is 3.59. The summed E-state index contributed by atoms with van der Waals surface area (Å²) >= 11 is 0. The Balaban J connectivity index is 1.37. The molecular weight excluding hydrogens is 352 g/mol. The summed E-state index contributed by atoms with van der Waals surface area (Å²) in [5.74, 6) is 0.0934. The molecule has 150 valence electrons. The minimum atomic E-state index is 0.0934. The van der Waals surface area contributed by atoms with Crippen LogP contribution in [0.25, 0.3) is 0 Å². The second-order valence-corrected chi connectivity index (χ2v) is 7.88. The van der Waals surface area contributed by atoms with Crippen LogP contribution >= 0.6 is 0 Å². The molecular formula is C22H30N4O2. The molecule has 1 fully saturated rings. The highest BCUT2D eigenvalue weighted by atomic mass is 16.5. The number of benzene rings is 1. The van der Waals surface area contributed by atoms with Crippen molar-refractivity contribution in [2.45, 2.75) is 38.3 Å². The number of hydrogen-bond donors (Lipinski definition) is 0. The molecule has 0 saturated carbocycles. The van der Waals surface area contributed by atoms with Crippen molar-refractivity contribution in [3.05, 3.63) is 53.6 Å². The number of aryl methyl sites for hydroxylation is 1. The van der Waals surface area contributed by atoms with Crippen LogP contribution in [0.2, 0.25) is 0 Å². The van der Waals surface area contributed by atoms with Crippen molar-refractivity contribution in [3.63, 3.8) is 0 Å². The normalized spacial score (nSPS) is 18.0. The molecule has 1 saturated heterocycles. The summed E-state index contributed by atoms with van der Waals surface area (Å²) in [4.78, 5) is 21.9. The Morgan fingerprint density at radius 3 is 2.79 bits per heavy atom. The first-order chi connectivity index (χ1) is 13.7. The van der Waals surface area contributed by atoms with E-state index in [1.54, 1.807) is 12.5 Å². The fraction of sp³-hybridized carbons (Fsp3) is 0.545. The molecule has 1 aromatic heterocycles. The molecule has 1 aromatic carbocycles. The Morgan fingerprint density at radius 2 is 2.04 bits per heavy atom. The van der Waals surface area contributed by atoms with E-state index in [1.807, 2.05) is 11.6 Å². The first-order valence-corrected chi connectivity index (χ1v) is 10.4. The van der Waals surface area contributed by atoms with E-state index < -0.39 is 0 Å². The van der Waals surface area contributed by atoms with Crippen LogP contribution in [0.15, 0.2) is 36.8 Å². The Kier molecular flexibility index (Phi) is 6.07. The highest BCUT2D eigenvalue weighted by molar-refractivity contribution is 5.92. The molecule has 6 heteroatoms. The number of aromatic nitrogens is 2. The third kappa shape index (κ3) is 4.28. The van der Waals surface area contributed by atoms with Crippen LogP contribution in [0.1, 0.15) is 40.9 Å². The van der Waals surface area contributed by atoms with Gasteiger partial charge in [-0.2, -0.15) is 0 Å². The van der Waals surface area contributed by atoms with Crippen LogP contribution in [0.5, 0.6) is 0 Å². The van der Waals surface area contributed by atoms with Crippen LogP contribution in [-0.2, 0) is 24.8 Å². The summed E-state index contributed by atoms with van der Waals surface area (Å²) in [7, 11) is 1.88. The standard InChI is InChI=1S/C22H30N4O2/c1-24-17-23-15-21(24)22(27)26(20-8-13-28-14-9-20)11-4-10-25-12-7-18-5-2-3-6-19(18)16-25/h2-3,5-6,15,17,20H,4,7-14,16H2,1H3. The minimum Gasteiger partial charge on any atom is -0.381 e. The van der Waals surface area contributed by atoms with E-state index in [1.165, 1.54) is 11.1 Å². The quantitative estimate of drug-likeness (QED) is 0.770. The maximum Gasteiger partial charge on any atom is 0.272 e. The van der Waals surface area contributed by atoms with E-state index in [9.17, 15) is 4.79 Å². The van der Waals surface area contributed by atoms with Gasteiger partial charge in [0, 0.05) is 52.5 Å². The minimum absolute atomic E-state index is 0.0934. The van der Waals surface area contributed by atoms with Crippen molar-refractivity contribution >= 4 is 5.91 Å². The van der Waals surface area contributed by atoms with Crippen molar-refractivity contribution in [3.8, 4) is 0 Å². The Hall–Kier alpha value is -2.18. The average molecular weight is 383 g/mol.